The van der Waals surface area contributed by atoms with Gasteiger partial charge in [0, 0.05) is 36.8 Å². The van der Waals surface area contributed by atoms with Crippen LogP contribution in [0.15, 0.2) is 23.2 Å². The Morgan fingerprint density at radius 3 is 2.83 bits per heavy atom. The molecule has 1 unspecified atom stereocenters. The van der Waals surface area contributed by atoms with Crippen molar-refractivity contribution in [1.29, 1.82) is 0 Å². The van der Waals surface area contributed by atoms with Crippen LogP contribution in [0.25, 0.3) is 0 Å². The van der Waals surface area contributed by atoms with Gasteiger partial charge in [-0.2, -0.15) is 0 Å². The molecular formula is C18H27N3O2. The number of guanidine groups is 1. The second kappa shape index (κ2) is 6.79. The van der Waals surface area contributed by atoms with Crippen molar-refractivity contribution < 1.29 is 9.47 Å². The van der Waals surface area contributed by atoms with E-state index < -0.39 is 0 Å². The smallest absolute Gasteiger partial charge is 0.191 e. The van der Waals surface area contributed by atoms with Gasteiger partial charge in [-0.1, -0.05) is 17.7 Å². The summed E-state index contributed by atoms with van der Waals surface area (Å²) in [5, 5.41) is 6.90. The largest absolute Gasteiger partial charge is 0.496 e. The fraction of sp³-hybridized carbons (Fsp3) is 0.611. The van der Waals surface area contributed by atoms with Gasteiger partial charge in [0.25, 0.3) is 0 Å². The second-order valence-electron chi connectivity index (χ2n) is 6.68. The molecule has 1 aromatic carbocycles. The third-order valence-corrected chi connectivity index (χ3v) is 4.88. The van der Waals surface area contributed by atoms with Gasteiger partial charge in [-0.15, -0.1) is 0 Å². The first-order valence-corrected chi connectivity index (χ1v) is 8.41. The van der Waals surface area contributed by atoms with Crippen LogP contribution < -0.4 is 15.4 Å². The maximum absolute atomic E-state index is 5.65. The average Bonchev–Trinajstić information content (AvgIpc) is 2.99. The Hall–Kier alpha value is -1.75. The molecule has 2 aliphatic rings. The Morgan fingerprint density at radius 1 is 1.39 bits per heavy atom. The third-order valence-electron chi connectivity index (χ3n) is 4.88. The maximum atomic E-state index is 5.65. The van der Waals surface area contributed by atoms with Crippen LogP contribution in [-0.4, -0.2) is 45.4 Å². The van der Waals surface area contributed by atoms with Gasteiger partial charge < -0.3 is 20.1 Å². The summed E-state index contributed by atoms with van der Waals surface area (Å²) in [7, 11) is 1.75. The Bertz CT molecular complexity index is 580. The molecule has 5 heteroatoms. The zero-order chi connectivity index (χ0) is 16.3. The van der Waals surface area contributed by atoms with Gasteiger partial charge in [0.2, 0.25) is 0 Å². The van der Waals surface area contributed by atoms with Gasteiger partial charge in [-0.25, -0.2) is 0 Å². The summed E-state index contributed by atoms with van der Waals surface area (Å²) >= 11 is 0. The fourth-order valence-electron chi connectivity index (χ4n) is 3.45. The summed E-state index contributed by atoms with van der Waals surface area (Å²) in [4.78, 5) is 4.52. The van der Waals surface area contributed by atoms with Gasteiger partial charge in [-0.3, -0.25) is 4.99 Å². The molecule has 2 aliphatic heterocycles. The van der Waals surface area contributed by atoms with E-state index in [1.165, 1.54) is 11.1 Å². The van der Waals surface area contributed by atoms with E-state index in [-0.39, 0.29) is 5.41 Å². The number of benzene rings is 1. The van der Waals surface area contributed by atoms with Crippen molar-refractivity contribution in [2.75, 3.05) is 33.4 Å². The van der Waals surface area contributed by atoms with Crippen molar-refractivity contribution in [3.8, 4) is 5.75 Å². The van der Waals surface area contributed by atoms with Crippen LogP contribution in [0, 0.1) is 6.92 Å². The van der Waals surface area contributed by atoms with E-state index >= 15 is 0 Å². The Kier molecular flexibility index (Phi) is 4.76. The van der Waals surface area contributed by atoms with Crippen molar-refractivity contribution in [1.82, 2.24) is 10.6 Å². The lowest BCUT2D eigenvalue weighted by molar-refractivity contribution is 0.0505. The number of nitrogens with zero attached hydrogens (tertiary/aromatic N) is 1. The summed E-state index contributed by atoms with van der Waals surface area (Å²) in [6, 6.07) is 6.86. The standard InChI is InChI=1S/C18H27N3O2/c1-13-4-5-16(22-3)15(10-13)18(6-8-23-9-7-18)12-20-17-19-11-14(2)21-17/h4-5,10,14H,6-9,11-12H2,1-3H3,(H2,19,20,21). The van der Waals surface area contributed by atoms with Crippen molar-refractivity contribution in [2.45, 2.75) is 38.1 Å². The number of aryl methyl sites for hydroxylation is 1. The van der Waals surface area contributed by atoms with Gasteiger partial charge in [0.05, 0.1) is 13.7 Å². The van der Waals surface area contributed by atoms with Crippen LogP contribution >= 0.6 is 0 Å². The van der Waals surface area contributed by atoms with E-state index in [4.69, 9.17) is 9.47 Å². The molecule has 0 radical (unpaired) electrons. The molecule has 5 nitrogen and oxygen atoms in total. The van der Waals surface area contributed by atoms with E-state index in [2.05, 4.69) is 47.7 Å². The van der Waals surface area contributed by atoms with Crippen LogP contribution in [0.1, 0.15) is 30.9 Å². The topological polar surface area (TPSA) is 54.9 Å². The predicted molar refractivity (Wildman–Crippen MR) is 92.4 cm³/mol. The predicted octanol–water partition coefficient (Wildman–Crippen LogP) is 1.99. The lowest BCUT2D eigenvalue weighted by Gasteiger charge is -2.39. The molecule has 0 aliphatic carbocycles. The molecule has 1 aromatic rings. The summed E-state index contributed by atoms with van der Waals surface area (Å²) in [5.74, 6) is 1.88. The van der Waals surface area contributed by atoms with Gasteiger partial charge in [-0.05, 0) is 32.8 Å². The minimum absolute atomic E-state index is 0.0195. The molecule has 0 spiro atoms. The van der Waals surface area contributed by atoms with Crippen LogP contribution in [0.5, 0.6) is 5.75 Å². The Labute approximate surface area is 138 Å². The molecule has 23 heavy (non-hydrogen) atoms. The zero-order valence-corrected chi connectivity index (χ0v) is 14.3. The molecule has 0 bridgehead atoms. The van der Waals surface area contributed by atoms with Crippen molar-refractivity contribution in [3.63, 3.8) is 0 Å². The molecular weight excluding hydrogens is 290 g/mol. The van der Waals surface area contributed by atoms with E-state index in [1.807, 2.05) is 0 Å². The Morgan fingerprint density at radius 2 is 2.17 bits per heavy atom. The van der Waals surface area contributed by atoms with Gasteiger partial charge in [0.15, 0.2) is 5.96 Å². The minimum atomic E-state index is 0.0195. The first-order valence-electron chi connectivity index (χ1n) is 8.41. The first kappa shape index (κ1) is 16.1. The number of aliphatic imine (C=N–C) groups is 1. The SMILES string of the molecule is COc1ccc(C)cc1C1(CNC2=NCC(C)N2)CCOCC1. The molecule has 0 amide bonds. The second-order valence-corrected chi connectivity index (χ2v) is 6.68. The van der Waals surface area contributed by atoms with Crippen molar-refractivity contribution >= 4 is 5.96 Å². The summed E-state index contributed by atoms with van der Waals surface area (Å²) < 4.78 is 11.3. The number of hydrogen-bond acceptors (Lipinski definition) is 5. The molecule has 3 rings (SSSR count). The molecule has 126 valence electrons. The van der Waals surface area contributed by atoms with Crippen LogP contribution in [0.4, 0.5) is 0 Å². The quantitative estimate of drug-likeness (QED) is 0.892. The van der Waals surface area contributed by atoms with Crippen LogP contribution in [-0.2, 0) is 10.2 Å². The van der Waals surface area contributed by atoms with Crippen LogP contribution in [0.2, 0.25) is 0 Å². The number of ether oxygens (including phenoxy) is 2. The van der Waals surface area contributed by atoms with Crippen LogP contribution in [0.3, 0.4) is 0 Å². The summed E-state index contributed by atoms with van der Waals surface area (Å²) in [6.07, 6.45) is 1.98. The number of methoxy groups -OCH3 is 1. The van der Waals surface area contributed by atoms with Crippen molar-refractivity contribution in [3.05, 3.63) is 29.3 Å². The third kappa shape index (κ3) is 3.44. The number of hydrogen-bond donors (Lipinski definition) is 2. The molecule has 1 saturated heterocycles. The summed E-state index contributed by atoms with van der Waals surface area (Å²) in [5.41, 5.74) is 2.56. The number of rotatable bonds is 4. The van der Waals surface area contributed by atoms with Gasteiger partial charge >= 0.3 is 0 Å². The fourth-order valence-corrected chi connectivity index (χ4v) is 3.45. The molecule has 0 saturated carbocycles. The first-order chi connectivity index (χ1) is 11.1. The minimum Gasteiger partial charge on any atom is -0.496 e. The lowest BCUT2D eigenvalue weighted by atomic mass is 9.73. The molecule has 1 fully saturated rings. The Balaban J connectivity index is 1.86. The normalized spacial score (nSPS) is 23.1. The summed E-state index contributed by atoms with van der Waals surface area (Å²) in [6.45, 7) is 7.53. The molecule has 0 aromatic heterocycles. The van der Waals surface area contributed by atoms with E-state index in [9.17, 15) is 0 Å². The highest BCUT2D eigenvalue weighted by atomic mass is 16.5. The molecule has 1 atom stereocenters. The highest BCUT2D eigenvalue weighted by molar-refractivity contribution is 5.81. The van der Waals surface area contributed by atoms with E-state index in [0.29, 0.717) is 6.04 Å². The molecule has 2 heterocycles. The van der Waals surface area contributed by atoms with Crippen molar-refractivity contribution in [2.24, 2.45) is 4.99 Å². The average molecular weight is 317 g/mol. The zero-order valence-electron chi connectivity index (χ0n) is 14.3. The van der Waals surface area contributed by atoms with E-state index in [0.717, 1.165) is 50.9 Å². The van der Waals surface area contributed by atoms with Gasteiger partial charge in [0.1, 0.15) is 5.75 Å². The number of nitrogens with one attached hydrogen (secondary N) is 2. The maximum Gasteiger partial charge on any atom is 0.191 e. The lowest BCUT2D eigenvalue weighted by Crippen LogP contribution is -2.48. The molecule has 2 N–H and O–H groups in total. The highest BCUT2D eigenvalue weighted by Gasteiger charge is 2.37. The highest BCUT2D eigenvalue weighted by Crippen LogP contribution is 2.40. The monoisotopic (exact) mass is 317 g/mol. The van der Waals surface area contributed by atoms with E-state index in [1.54, 1.807) is 7.11 Å².